The van der Waals surface area contributed by atoms with Gasteiger partial charge in [-0.05, 0) is 34.1 Å². The molecule has 0 spiro atoms. The number of hydrogen-bond donors (Lipinski definition) is 0. The fraction of sp³-hybridized carbons (Fsp3) is 0.333. The van der Waals surface area contributed by atoms with Crippen molar-refractivity contribution < 1.29 is 9.47 Å². The first-order chi connectivity index (χ1) is 9.84. The van der Waals surface area contributed by atoms with E-state index in [1.807, 2.05) is 12.1 Å². The first-order valence-electron chi connectivity index (χ1n) is 6.49. The molecule has 0 unspecified atom stereocenters. The predicted octanol–water partition coefficient (Wildman–Crippen LogP) is 4.59. The molecule has 4 nitrogen and oxygen atoms in total. The Kier molecular flexibility index (Phi) is 3.58. The van der Waals surface area contributed by atoms with Crippen molar-refractivity contribution in [3.05, 3.63) is 33.5 Å². The first-order valence-corrected chi connectivity index (χ1v) is 7.66. The SMILES string of the molecule is CC(C)(C)c1cc(Cl)nc(-c2cc(Br)c3c(c2)OCO3)n1. The minimum Gasteiger partial charge on any atom is -0.454 e. The first kappa shape index (κ1) is 14.6. The van der Waals surface area contributed by atoms with Gasteiger partial charge in [-0.1, -0.05) is 32.4 Å². The third kappa shape index (κ3) is 2.85. The van der Waals surface area contributed by atoms with Gasteiger partial charge in [0, 0.05) is 11.0 Å². The molecule has 0 saturated heterocycles. The van der Waals surface area contributed by atoms with Crippen LogP contribution in [0.2, 0.25) is 5.15 Å². The minimum absolute atomic E-state index is 0.102. The van der Waals surface area contributed by atoms with E-state index in [-0.39, 0.29) is 12.2 Å². The molecular formula is C15H14BrClN2O2. The lowest BCUT2D eigenvalue weighted by Gasteiger charge is -2.18. The van der Waals surface area contributed by atoms with E-state index in [9.17, 15) is 0 Å². The molecule has 0 N–H and O–H groups in total. The molecule has 1 aromatic carbocycles. The number of aromatic nitrogens is 2. The lowest BCUT2D eigenvalue weighted by atomic mass is 9.92. The van der Waals surface area contributed by atoms with Crippen molar-refractivity contribution >= 4 is 27.5 Å². The van der Waals surface area contributed by atoms with Crippen LogP contribution >= 0.6 is 27.5 Å². The van der Waals surface area contributed by atoms with Crippen LogP contribution in [0.1, 0.15) is 26.5 Å². The second-order valence-electron chi connectivity index (χ2n) is 5.84. The largest absolute Gasteiger partial charge is 0.454 e. The van der Waals surface area contributed by atoms with Gasteiger partial charge in [0.1, 0.15) is 5.15 Å². The molecule has 0 radical (unpaired) electrons. The van der Waals surface area contributed by atoms with E-state index < -0.39 is 0 Å². The summed E-state index contributed by atoms with van der Waals surface area (Å²) in [6, 6.07) is 5.57. The average molecular weight is 370 g/mol. The molecule has 0 fully saturated rings. The van der Waals surface area contributed by atoms with E-state index in [1.165, 1.54) is 0 Å². The number of rotatable bonds is 1. The van der Waals surface area contributed by atoms with E-state index in [4.69, 9.17) is 21.1 Å². The van der Waals surface area contributed by atoms with Crippen molar-refractivity contribution in [1.82, 2.24) is 9.97 Å². The van der Waals surface area contributed by atoms with Crippen molar-refractivity contribution in [2.24, 2.45) is 0 Å². The van der Waals surface area contributed by atoms with Crippen LogP contribution < -0.4 is 9.47 Å². The van der Waals surface area contributed by atoms with Gasteiger partial charge in [-0.2, -0.15) is 0 Å². The molecule has 0 bridgehead atoms. The molecule has 0 amide bonds. The third-order valence-corrected chi connectivity index (χ3v) is 3.93. The molecular weight excluding hydrogens is 356 g/mol. The van der Waals surface area contributed by atoms with Gasteiger partial charge in [-0.25, -0.2) is 9.97 Å². The maximum Gasteiger partial charge on any atom is 0.231 e. The quantitative estimate of drug-likeness (QED) is 0.690. The van der Waals surface area contributed by atoms with Gasteiger partial charge in [0.15, 0.2) is 17.3 Å². The van der Waals surface area contributed by atoms with Gasteiger partial charge in [-0.3, -0.25) is 0 Å². The van der Waals surface area contributed by atoms with E-state index in [2.05, 4.69) is 46.7 Å². The van der Waals surface area contributed by atoms with Gasteiger partial charge in [0.2, 0.25) is 6.79 Å². The van der Waals surface area contributed by atoms with Crippen LogP contribution in [0.5, 0.6) is 11.5 Å². The molecule has 0 aliphatic carbocycles. The highest BCUT2D eigenvalue weighted by Crippen LogP contribution is 2.42. The fourth-order valence-corrected chi connectivity index (χ4v) is 2.77. The van der Waals surface area contributed by atoms with Crippen molar-refractivity contribution in [3.63, 3.8) is 0 Å². The van der Waals surface area contributed by atoms with Crippen LogP contribution in [-0.2, 0) is 5.41 Å². The Hall–Kier alpha value is -1.33. The van der Waals surface area contributed by atoms with E-state index in [0.29, 0.717) is 22.5 Å². The van der Waals surface area contributed by atoms with Gasteiger partial charge in [0.05, 0.1) is 10.2 Å². The maximum atomic E-state index is 6.14. The normalized spacial score (nSPS) is 13.6. The Morgan fingerprint density at radius 1 is 1.14 bits per heavy atom. The van der Waals surface area contributed by atoms with Crippen LogP contribution in [0.3, 0.4) is 0 Å². The average Bonchev–Trinajstić information content (AvgIpc) is 2.85. The number of hydrogen-bond acceptors (Lipinski definition) is 4. The Morgan fingerprint density at radius 2 is 1.90 bits per heavy atom. The smallest absolute Gasteiger partial charge is 0.231 e. The zero-order valence-corrected chi connectivity index (χ0v) is 14.2. The summed E-state index contributed by atoms with van der Waals surface area (Å²) >= 11 is 9.62. The molecule has 110 valence electrons. The second kappa shape index (κ2) is 5.14. The lowest BCUT2D eigenvalue weighted by Crippen LogP contribution is -2.14. The van der Waals surface area contributed by atoms with E-state index >= 15 is 0 Å². The molecule has 21 heavy (non-hydrogen) atoms. The number of benzene rings is 1. The highest BCUT2D eigenvalue weighted by molar-refractivity contribution is 9.10. The molecule has 2 aromatic rings. The third-order valence-electron chi connectivity index (χ3n) is 3.15. The summed E-state index contributed by atoms with van der Waals surface area (Å²) in [7, 11) is 0. The number of ether oxygens (including phenoxy) is 2. The monoisotopic (exact) mass is 368 g/mol. The zero-order valence-electron chi connectivity index (χ0n) is 11.9. The molecule has 3 rings (SSSR count). The second-order valence-corrected chi connectivity index (χ2v) is 7.08. The molecule has 0 atom stereocenters. The van der Waals surface area contributed by atoms with Crippen molar-refractivity contribution in [1.29, 1.82) is 0 Å². The van der Waals surface area contributed by atoms with Crippen molar-refractivity contribution in [3.8, 4) is 22.9 Å². The number of nitrogens with zero attached hydrogens (tertiary/aromatic N) is 2. The standard InChI is InChI=1S/C15H14BrClN2O2/c1-15(2,3)11-6-12(17)19-14(18-11)8-4-9(16)13-10(5-8)20-7-21-13/h4-6H,7H2,1-3H3. The molecule has 0 saturated carbocycles. The summed E-state index contributed by atoms with van der Waals surface area (Å²) in [4.78, 5) is 8.95. The summed E-state index contributed by atoms with van der Waals surface area (Å²) < 4.78 is 11.6. The highest BCUT2D eigenvalue weighted by atomic mass is 79.9. The number of halogens is 2. The Labute approximate surface area is 136 Å². The van der Waals surface area contributed by atoms with Crippen LogP contribution in [0.25, 0.3) is 11.4 Å². The Balaban J connectivity index is 2.13. The Bertz CT molecular complexity index is 714. The van der Waals surface area contributed by atoms with Gasteiger partial charge in [0.25, 0.3) is 0 Å². The summed E-state index contributed by atoms with van der Waals surface area (Å²) in [5.41, 5.74) is 1.62. The topological polar surface area (TPSA) is 44.2 Å². The van der Waals surface area contributed by atoms with Crippen LogP contribution in [0.15, 0.2) is 22.7 Å². The summed E-state index contributed by atoms with van der Waals surface area (Å²) in [6.45, 7) is 6.49. The molecule has 1 aromatic heterocycles. The fourth-order valence-electron chi connectivity index (χ4n) is 2.03. The summed E-state index contributed by atoms with van der Waals surface area (Å²) in [6.07, 6.45) is 0. The van der Waals surface area contributed by atoms with Crippen molar-refractivity contribution in [2.45, 2.75) is 26.2 Å². The van der Waals surface area contributed by atoms with E-state index in [0.717, 1.165) is 15.7 Å². The summed E-state index contributed by atoms with van der Waals surface area (Å²) in [5, 5.41) is 0.429. The van der Waals surface area contributed by atoms with Crippen LogP contribution in [-0.4, -0.2) is 16.8 Å². The number of fused-ring (bicyclic) bond motifs is 1. The molecule has 2 heterocycles. The van der Waals surface area contributed by atoms with Crippen molar-refractivity contribution in [2.75, 3.05) is 6.79 Å². The van der Waals surface area contributed by atoms with Crippen LogP contribution in [0.4, 0.5) is 0 Å². The molecule has 1 aliphatic rings. The highest BCUT2D eigenvalue weighted by Gasteiger charge is 2.22. The Morgan fingerprint density at radius 3 is 2.62 bits per heavy atom. The predicted molar refractivity (Wildman–Crippen MR) is 85.0 cm³/mol. The van der Waals surface area contributed by atoms with Gasteiger partial charge >= 0.3 is 0 Å². The lowest BCUT2D eigenvalue weighted by molar-refractivity contribution is 0.173. The van der Waals surface area contributed by atoms with E-state index in [1.54, 1.807) is 6.07 Å². The minimum atomic E-state index is -0.102. The van der Waals surface area contributed by atoms with Gasteiger partial charge < -0.3 is 9.47 Å². The maximum absolute atomic E-state index is 6.14. The molecule has 6 heteroatoms. The van der Waals surface area contributed by atoms with Crippen LogP contribution in [0, 0.1) is 0 Å². The summed E-state index contributed by atoms with van der Waals surface area (Å²) in [5.74, 6) is 1.96. The zero-order chi connectivity index (χ0) is 15.2. The molecule has 1 aliphatic heterocycles. The van der Waals surface area contributed by atoms with Gasteiger partial charge in [-0.15, -0.1) is 0 Å².